The average molecular weight is 266 g/mol. The second-order valence-corrected chi connectivity index (χ2v) is 7.17. The van der Waals surface area contributed by atoms with Crippen molar-refractivity contribution in [1.82, 2.24) is 9.38 Å². The van der Waals surface area contributed by atoms with Crippen molar-refractivity contribution >= 4 is 15.5 Å². The standard InChI is InChI=1S/C12H14N2O3S/c15-10-3-4-14-8-9(13-12(14)7-10)6-11-2-1-5-18(11,16)17/h3-4,7-8,11,13H,1-2,5-6H2. The fourth-order valence-electron chi connectivity index (χ4n) is 2.51. The maximum absolute atomic E-state index is 11.8. The van der Waals surface area contributed by atoms with Crippen LogP contribution in [-0.4, -0.2) is 28.8 Å². The largest absolute Gasteiger partial charge is 0.343 e. The molecule has 18 heavy (non-hydrogen) atoms. The number of fused-ring (bicyclic) bond motifs is 1. The van der Waals surface area contributed by atoms with E-state index in [1.807, 2.05) is 6.20 Å². The zero-order valence-corrected chi connectivity index (χ0v) is 10.6. The Bertz CT molecular complexity index is 742. The van der Waals surface area contributed by atoms with Crippen LogP contribution in [0.5, 0.6) is 0 Å². The van der Waals surface area contributed by atoms with Gasteiger partial charge in [0, 0.05) is 36.6 Å². The highest BCUT2D eigenvalue weighted by atomic mass is 32.2. The summed E-state index contributed by atoms with van der Waals surface area (Å²) in [7, 11) is -2.92. The van der Waals surface area contributed by atoms with Gasteiger partial charge in [-0.3, -0.25) is 4.79 Å². The number of nitrogens with one attached hydrogen (secondary N) is 1. The smallest absolute Gasteiger partial charge is 0.183 e. The molecule has 3 rings (SSSR count). The first-order valence-electron chi connectivity index (χ1n) is 5.96. The van der Waals surface area contributed by atoms with E-state index < -0.39 is 9.84 Å². The maximum atomic E-state index is 11.8. The van der Waals surface area contributed by atoms with Crippen LogP contribution in [0.2, 0.25) is 0 Å². The van der Waals surface area contributed by atoms with Gasteiger partial charge in [-0.2, -0.15) is 0 Å². The predicted molar refractivity (Wildman–Crippen MR) is 68.5 cm³/mol. The summed E-state index contributed by atoms with van der Waals surface area (Å²) in [6.45, 7) is 0. The van der Waals surface area contributed by atoms with Gasteiger partial charge >= 0.3 is 0 Å². The number of hydrogen-bond acceptors (Lipinski definition) is 3. The molecule has 0 amide bonds. The van der Waals surface area contributed by atoms with Crippen molar-refractivity contribution in [2.45, 2.75) is 24.5 Å². The summed E-state index contributed by atoms with van der Waals surface area (Å²) in [6.07, 6.45) is 5.52. The van der Waals surface area contributed by atoms with E-state index in [1.54, 1.807) is 10.6 Å². The average Bonchev–Trinajstić information content (AvgIpc) is 2.82. The van der Waals surface area contributed by atoms with Crippen molar-refractivity contribution in [2.75, 3.05) is 5.75 Å². The summed E-state index contributed by atoms with van der Waals surface area (Å²) in [5, 5.41) is -0.280. The topological polar surface area (TPSA) is 71.4 Å². The van der Waals surface area contributed by atoms with Crippen LogP contribution >= 0.6 is 0 Å². The molecule has 0 bridgehead atoms. The number of pyridine rings is 1. The maximum Gasteiger partial charge on any atom is 0.183 e. The van der Waals surface area contributed by atoms with Gasteiger partial charge in [0.1, 0.15) is 5.65 Å². The number of nitrogens with zero attached hydrogens (tertiary/aromatic N) is 1. The summed E-state index contributed by atoms with van der Waals surface area (Å²) < 4.78 is 25.3. The molecular weight excluding hydrogens is 252 g/mol. The molecular formula is C12H14N2O3S. The van der Waals surface area contributed by atoms with Crippen molar-refractivity contribution in [3.8, 4) is 0 Å². The van der Waals surface area contributed by atoms with Gasteiger partial charge in [-0.15, -0.1) is 0 Å². The van der Waals surface area contributed by atoms with Crippen LogP contribution in [0, 0.1) is 0 Å². The van der Waals surface area contributed by atoms with Crippen LogP contribution in [0.1, 0.15) is 18.5 Å². The molecule has 0 aliphatic carbocycles. The van der Waals surface area contributed by atoms with Crippen LogP contribution in [0.25, 0.3) is 5.65 Å². The summed E-state index contributed by atoms with van der Waals surface area (Å²) in [4.78, 5) is 14.3. The Morgan fingerprint density at radius 3 is 3.00 bits per heavy atom. The van der Waals surface area contributed by atoms with Crippen molar-refractivity contribution in [2.24, 2.45) is 0 Å². The lowest BCUT2D eigenvalue weighted by Crippen LogP contribution is -2.18. The number of sulfone groups is 1. The number of rotatable bonds is 2. The zero-order valence-electron chi connectivity index (χ0n) is 9.80. The Hall–Kier alpha value is -1.56. The van der Waals surface area contributed by atoms with Crippen LogP contribution in [0.15, 0.2) is 29.3 Å². The third-order valence-corrected chi connectivity index (χ3v) is 5.73. The van der Waals surface area contributed by atoms with Gasteiger partial charge in [0.2, 0.25) is 0 Å². The minimum Gasteiger partial charge on any atom is -0.343 e. The van der Waals surface area contributed by atoms with Gasteiger partial charge in [-0.1, -0.05) is 0 Å². The fraction of sp³-hybridized carbons (Fsp3) is 0.417. The lowest BCUT2D eigenvalue weighted by atomic mass is 10.2. The first-order chi connectivity index (χ1) is 8.54. The molecule has 1 fully saturated rings. The molecule has 96 valence electrons. The Labute approximate surface area is 104 Å². The second-order valence-electron chi connectivity index (χ2n) is 4.77. The highest BCUT2D eigenvalue weighted by molar-refractivity contribution is 7.92. The van der Waals surface area contributed by atoms with Crippen molar-refractivity contribution in [1.29, 1.82) is 0 Å². The Kier molecular flexibility index (Phi) is 2.55. The third kappa shape index (κ3) is 1.96. The summed E-state index contributed by atoms with van der Waals surface area (Å²) in [6, 6.07) is 2.99. The van der Waals surface area contributed by atoms with Crippen LogP contribution in [0.4, 0.5) is 0 Å². The highest BCUT2D eigenvalue weighted by Crippen LogP contribution is 2.23. The Balaban J connectivity index is 1.94. The molecule has 6 heteroatoms. The molecule has 2 aromatic heterocycles. The van der Waals surface area contributed by atoms with Gasteiger partial charge < -0.3 is 9.38 Å². The highest BCUT2D eigenvalue weighted by Gasteiger charge is 2.31. The van der Waals surface area contributed by atoms with E-state index in [-0.39, 0.29) is 10.7 Å². The molecule has 0 spiro atoms. The molecule has 1 atom stereocenters. The van der Waals surface area contributed by atoms with Crippen molar-refractivity contribution in [3.63, 3.8) is 0 Å². The first kappa shape index (κ1) is 11.5. The molecule has 0 saturated carbocycles. The number of aromatic amines is 1. The van der Waals surface area contributed by atoms with Gasteiger partial charge in [-0.05, 0) is 12.8 Å². The fourth-order valence-corrected chi connectivity index (χ4v) is 4.37. The van der Waals surface area contributed by atoms with Crippen LogP contribution in [-0.2, 0) is 16.3 Å². The molecule has 0 aromatic carbocycles. The molecule has 1 aliphatic rings. The van der Waals surface area contributed by atoms with Crippen LogP contribution < -0.4 is 5.43 Å². The van der Waals surface area contributed by atoms with Gasteiger partial charge in [0.25, 0.3) is 0 Å². The van der Waals surface area contributed by atoms with E-state index in [2.05, 4.69) is 4.98 Å². The Morgan fingerprint density at radius 1 is 1.44 bits per heavy atom. The molecule has 1 N–H and O–H groups in total. The zero-order chi connectivity index (χ0) is 12.8. The van der Waals surface area contributed by atoms with Gasteiger partial charge in [0.15, 0.2) is 15.3 Å². The van der Waals surface area contributed by atoms with E-state index >= 15 is 0 Å². The number of H-pyrrole nitrogens is 1. The monoisotopic (exact) mass is 266 g/mol. The van der Waals surface area contributed by atoms with Gasteiger partial charge in [0.05, 0.1) is 11.0 Å². The molecule has 0 radical (unpaired) electrons. The van der Waals surface area contributed by atoms with Crippen molar-refractivity contribution < 1.29 is 8.42 Å². The first-order valence-corrected chi connectivity index (χ1v) is 7.68. The van der Waals surface area contributed by atoms with Crippen molar-refractivity contribution in [3.05, 3.63) is 40.4 Å². The number of hydrogen-bond donors (Lipinski definition) is 1. The summed E-state index contributed by atoms with van der Waals surface area (Å²) in [5.74, 6) is 0.301. The lowest BCUT2D eigenvalue weighted by molar-refractivity contribution is 0.587. The second kappa shape index (κ2) is 3.98. The SMILES string of the molecule is O=c1ccn2cc(CC3CCCS3(=O)=O)[nH]c2c1. The molecule has 3 heterocycles. The minimum absolute atomic E-state index is 0.0584. The van der Waals surface area contributed by atoms with E-state index in [9.17, 15) is 13.2 Å². The van der Waals surface area contributed by atoms with E-state index in [0.29, 0.717) is 17.8 Å². The lowest BCUT2D eigenvalue weighted by Gasteiger charge is -2.06. The normalized spacial score (nSPS) is 22.6. The molecule has 1 aliphatic heterocycles. The van der Waals surface area contributed by atoms with E-state index in [4.69, 9.17) is 0 Å². The van der Waals surface area contributed by atoms with Gasteiger partial charge in [-0.25, -0.2) is 8.42 Å². The molecule has 1 saturated heterocycles. The number of aromatic nitrogens is 2. The quantitative estimate of drug-likeness (QED) is 0.871. The molecule has 5 nitrogen and oxygen atoms in total. The predicted octanol–water partition coefficient (Wildman–Crippen LogP) is 0.747. The van der Waals surface area contributed by atoms with E-state index in [1.165, 1.54) is 12.1 Å². The Morgan fingerprint density at radius 2 is 2.28 bits per heavy atom. The minimum atomic E-state index is -2.92. The molecule has 1 unspecified atom stereocenters. The summed E-state index contributed by atoms with van der Waals surface area (Å²) >= 11 is 0. The third-order valence-electron chi connectivity index (χ3n) is 3.45. The molecule has 2 aromatic rings. The van der Waals surface area contributed by atoms with Crippen LogP contribution in [0.3, 0.4) is 0 Å². The van der Waals surface area contributed by atoms with E-state index in [0.717, 1.165) is 18.5 Å². The summed E-state index contributed by atoms with van der Waals surface area (Å²) in [5.41, 5.74) is 1.50. The number of imidazole rings is 1.